The lowest BCUT2D eigenvalue weighted by atomic mass is 10.3. The number of thioether (sulfide) groups is 1. The van der Waals surface area contributed by atoms with Crippen LogP contribution in [0.3, 0.4) is 0 Å². The molecule has 1 rings (SSSR count). The monoisotopic (exact) mass is 262 g/mol. The topological polar surface area (TPSA) is 78.9 Å². The number of nitrogens with zero attached hydrogens (tertiary/aromatic N) is 1. The lowest BCUT2D eigenvalue weighted by molar-refractivity contribution is -0.140. The number of amides is 2. The number of rotatable bonds is 4. The Labute approximate surface area is 105 Å². The molecular formula is C10H18N2O4S. The van der Waals surface area contributed by atoms with Crippen molar-refractivity contribution in [2.75, 3.05) is 32.6 Å². The van der Waals surface area contributed by atoms with Gasteiger partial charge in [0.2, 0.25) is 0 Å². The highest BCUT2D eigenvalue weighted by Crippen LogP contribution is 2.17. The maximum Gasteiger partial charge on any atom is 0.328 e. The summed E-state index contributed by atoms with van der Waals surface area (Å²) < 4.78 is 4.76. The molecule has 2 atom stereocenters. The molecule has 6 nitrogen and oxygen atoms in total. The van der Waals surface area contributed by atoms with Gasteiger partial charge in [-0.1, -0.05) is 6.92 Å². The molecule has 2 unspecified atom stereocenters. The number of hydrogen-bond donors (Lipinski definition) is 2. The summed E-state index contributed by atoms with van der Waals surface area (Å²) >= 11 is 1.81. The molecule has 0 aliphatic carbocycles. The Morgan fingerprint density at radius 3 is 2.88 bits per heavy atom. The van der Waals surface area contributed by atoms with Gasteiger partial charge in [-0.15, -0.1) is 0 Å². The third-order valence-electron chi connectivity index (χ3n) is 2.46. The maximum absolute atomic E-state index is 11.8. The van der Waals surface area contributed by atoms with Gasteiger partial charge >= 0.3 is 12.0 Å². The van der Waals surface area contributed by atoms with Gasteiger partial charge in [-0.05, 0) is 0 Å². The number of urea groups is 1. The standard InChI is InChI=1S/C10H18N2O4S/c1-7-5-12(3-4-17-7)10(15)11-8(6-16-2)9(13)14/h7-8H,3-6H2,1-2H3,(H,11,15)(H,13,14). The zero-order chi connectivity index (χ0) is 12.8. The molecule has 1 heterocycles. The van der Waals surface area contributed by atoms with Crippen molar-refractivity contribution in [3.8, 4) is 0 Å². The van der Waals surface area contributed by atoms with Crippen molar-refractivity contribution in [1.29, 1.82) is 0 Å². The summed E-state index contributed by atoms with van der Waals surface area (Å²) in [6, 6.07) is -1.32. The molecule has 1 aliphatic heterocycles. The quantitative estimate of drug-likeness (QED) is 0.758. The first-order chi connectivity index (χ1) is 8.04. The number of aliphatic carboxylic acids is 1. The molecule has 1 fully saturated rings. The number of nitrogens with one attached hydrogen (secondary N) is 1. The van der Waals surface area contributed by atoms with E-state index in [-0.39, 0.29) is 12.6 Å². The van der Waals surface area contributed by atoms with E-state index in [2.05, 4.69) is 5.32 Å². The van der Waals surface area contributed by atoms with Crippen LogP contribution in [-0.4, -0.2) is 65.9 Å². The Morgan fingerprint density at radius 1 is 1.65 bits per heavy atom. The summed E-state index contributed by atoms with van der Waals surface area (Å²) in [6.45, 7) is 3.32. The Balaban J connectivity index is 2.48. The first kappa shape index (κ1) is 14.1. The molecule has 2 N–H and O–H groups in total. The van der Waals surface area contributed by atoms with Crippen LogP contribution in [0.2, 0.25) is 0 Å². The van der Waals surface area contributed by atoms with Crippen LogP contribution in [-0.2, 0) is 9.53 Å². The summed E-state index contributed by atoms with van der Waals surface area (Å²) in [6.07, 6.45) is 0. The van der Waals surface area contributed by atoms with Crippen molar-refractivity contribution in [2.45, 2.75) is 18.2 Å². The smallest absolute Gasteiger partial charge is 0.328 e. The second-order valence-electron chi connectivity index (χ2n) is 3.92. The number of carboxylic acid groups (broad SMARTS) is 1. The molecule has 1 aliphatic rings. The van der Waals surface area contributed by atoms with Gasteiger partial charge in [0.25, 0.3) is 0 Å². The van der Waals surface area contributed by atoms with Gasteiger partial charge in [0.1, 0.15) is 0 Å². The summed E-state index contributed by atoms with van der Waals surface area (Å²) in [4.78, 5) is 24.3. The fourth-order valence-electron chi connectivity index (χ4n) is 1.58. The van der Waals surface area contributed by atoms with E-state index in [0.29, 0.717) is 18.3 Å². The second-order valence-corrected chi connectivity index (χ2v) is 5.47. The summed E-state index contributed by atoms with van der Waals surface area (Å²) in [5, 5.41) is 11.7. The molecule has 0 radical (unpaired) electrons. The fraction of sp³-hybridized carbons (Fsp3) is 0.800. The van der Waals surface area contributed by atoms with Crippen LogP contribution in [0.15, 0.2) is 0 Å². The third-order valence-corrected chi connectivity index (χ3v) is 3.59. The number of carboxylic acids is 1. The van der Waals surface area contributed by atoms with Gasteiger partial charge in [-0.2, -0.15) is 11.8 Å². The minimum Gasteiger partial charge on any atom is -0.480 e. The third kappa shape index (κ3) is 4.43. The molecule has 0 bridgehead atoms. The van der Waals surface area contributed by atoms with Gasteiger partial charge in [-0.3, -0.25) is 0 Å². The highest BCUT2D eigenvalue weighted by Gasteiger charge is 2.25. The molecule has 17 heavy (non-hydrogen) atoms. The van der Waals surface area contributed by atoms with E-state index in [1.807, 2.05) is 18.7 Å². The Bertz CT molecular complexity index is 287. The minimum absolute atomic E-state index is 0.0286. The first-order valence-corrected chi connectivity index (χ1v) is 6.48. The maximum atomic E-state index is 11.8. The van der Waals surface area contributed by atoms with Gasteiger partial charge in [0, 0.05) is 31.2 Å². The SMILES string of the molecule is COCC(NC(=O)N1CCSC(C)C1)C(=O)O. The van der Waals surface area contributed by atoms with E-state index in [1.54, 1.807) is 4.90 Å². The lowest BCUT2D eigenvalue weighted by Gasteiger charge is -2.31. The van der Waals surface area contributed by atoms with Crippen LogP contribution in [0, 0.1) is 0 Å². The van der Waals surface area contributed by atoms with Gasteiger partial charge in [0.15, 0.2) is 6.04 Å². The summed E-state index contributed by atoms with van der Waals surface area (Å²) in [7, 11) is 1.40. The molecule has 0 aromatic carbocycles. The average Bonchev–Trinajstić information content (AvgIpc) is 2.28. The lowest BCUT2D eigenvalue weighted by Crippen LogP contribution is -2.52. The zero-order valence-electron chi connectivity index (χ0n) is 10.0. The predicted octanol–water partition coefficient (Wildman–Crippen LogP) is 0.233. The summed E-state index contributed by atoms with van der Waals surface area (Å²) in [5.41, 5.74) is 0. The molecule has 1 saturated heterocycles. The average molecular weight is 262 g/mol. The van der Waals surface area contributed by atoms with Gasteiger partial charge < -0.3 is 20.1 Å². The number of methoxy groups -OCH3 is 1. The normalized spacial score (nSPS) is 22.0. The van der Waals surface area contributed by atoms with E-state index in [9.17, 15) is 9.59 Å². The largest absolute Gasteiger partial charge is 0.480 e. The molecule has 0 saturated carbocycles. The highest BCUT2D eigenvalue weighted by atomic mass is 32.2. The van der Waals surface area contributed by atoms with E-state index in [4.69, 9.17) is 9.84 Å². The number of carbonyl (C=O) groups excluding carboxylic acids is 1. The summed E-state index contributed by atoms with van der Waals surface area (Å²) in [5.74, 6) is -0.198. The van der Waals surface area contributed by atoms with Crippen LogP contribution in [0.5, 0.6) is 0 Å². The van der Waals surface area contributed by atoms with Crippen molar-refractivity contribution in [3.05, 3.63) is 0 Å². The molecule has 2 amide bonds. The fourth-order valence-corrected chi connectivity index (χ4v) is 2.60. The van der Waals surface area contributed by atoms with Crippen molar-refractivity contribution < 1.29 is 19.4 Å². The van der Waals surface area contributed by atoms with Crippen LogP contribution < -0.4 is 5.32 Å². The van der Waals surface area contributed by atoms with Gasteiger partial charge in [0.05, 0.1) is 6.61 Å². The van der Waals surface area contributed by atoms with E-state index >= 15 is 0 Å². The molecule has 98 valence electrons. The van der Waals surface area contributed by atoms with E-state index < -0.39 is 12.0 Å². The number of ether oxygens (including phenoxy) is 1. The molecule has 0 aromatic heterocycles. The van der Waals surface area contributed by atoms with Crippen molar-refractivity contribution in [2.24, 2.45) is 0 Å². The Kier molecular flexibility index (Phi) is 5.57. The van der Waals surface area contributed by atoms with Crippen molar-refractivity contribution in [1.82, 2.24) is 10.2 Å². The highest BCUT2D eigenvalue weighted by molar-refractivity contribution is 7.99. The minimum atomic E-state index is -1.08. The molecule has 7 heteroatoms. The number of hydrogen-bond acceptors (Lipinski definition) is 4. The molecule has 0 aromatic rings. The van der Waals surface area contributed by atoms with Crippen LogP contribution in [0.25, 0.3) is 0 Å². The molecule has 0 spiro atoms. The van der Waals surface area contributed by atoms with E-state index in [0.717, 1.165) is 5.75 Å². The second kappa shape index (κ2) is 6.70. The van der Waals surface area contributed by atoms with Gasteiger partial charge in [-0.25, -0.2) is 9.59 Å². The Hall–Kier alpha value is -0.950. The van der Waals surface area contributed by atoms with Crippen molar-refractivity contribution >= 4 is 23.8 Å². The van der Waals surface area contributed by atoms with Crippen molar-refractivity contribution in [3.63, 3.8) is 0 Å². The zero-order valence-corrected chi connectivity index (χ0v) is 10.8. The molecular weight excluding hydrogens is 244 g/mol. The number of carbonyl (C=O) groups is 2. The van der Waals surface area contributed by atoms with Crippen LogP contribution in [0.1, 0.15) is 6.92 Å². The Morgan fingerprint density at radius 2 is 2.35 bits per heavy atom. The van der Waals surface area contributed by atoms with Crippen LogP contribution in [0.4, 0.5) is 4.79 Å². The first-order valence-electron chi connectivity index (χ1n) is 5.43. The van der Waals surface area contributed by atoms with Crippen LogP contribution >= 0.6 is 11.8 Å². The van der Waals surface area contributed by atoms with E-state index in [1.165, 1.54) is 7.11 Å². The predicted molar refractivity (Wildman–Crippen MR) is 65.3 cm³/mol.